The minimum Gasteiger partial charge on any atom is -0.494 e. The van der Waals surface area contributed by atoms with E-state index in [2.05, 4.69) is 74.5 Å². The average molecular weight is 393 g/mol. The van der Waals surface area contributed by atoms with Crippen LogP contribution in [0.15, 0.2) is 60.7 Å². The van der Waals surface area contributed by atoms with Gasteiger partial charge in [-0.25, -0.2) is 0 Å². The lowest BCUT2D eigenvalue weighted by Gasteiger charge is -2.08. The van der Waals surface area contributed by atoms with Crippen LogP contribution in [0.3, 0.4) is 0 Å². The Bertz CT molecular complexity index is 814. The molecule has 0 amide bonds. The minimum atomic E-state index is 0.809. The molecule has 3 rings (SSSR count). The van der Waals surface area contributed by atoms with E-state index in [-0.39, 0.29) is 0 Å². The van der Waals surface area contributed by atoms with Crippen LogP contribution < -0.4 is 4.74 Å². The number of benzene rings is 2. The molecule has 0 saturated carbocycles. The molecule has 28 heavy (non-hydrogen) atoms. The van der Waals surface area contributed by atoms with E-state index in [9.17, 15) is 0 Å². The third-order valence-corrected chi connectivity index (χ3v) is 6.26. The second-order valence-corrected chi connectivity index (χ2v) is 8.55. The number of aryl methyl sites for hydroxylation is 1. The van der Waals surface area contributed by atoms with Gasteiger partial charge in [-0.15, -0.1) is 11.3 Å². The van der Waals surface area contributed by atoms with E-state index >= 15 is 0 Å². The molecule has 0 radical (unpaired) electrons. The molecule has 2 heteroatoms. The number of rotatable bonds is 11. The Kier molecular flexibility index (Phi) is 8.17. The van der Waals surface area contributed by atoms with Gasteiger partial charge in [0.25, 0.3) is 0 Å². The summed E-state index contributed by atoms with van der Waals surface area (Å²) in [6.45, 7) is 5.28. The third kappa shape index (κ3) is 5.97. The fourth-order valence-electron chi connectivity index (χ4n) is 3.33. The molecule has 0 saturated heterocycles. The molecule has 3 aromatic rings. The monoisotopic (exact) mass is 392 g/mol. The molecule has 0 N–H and O–H groups in total. The molecule has 1 heterocycles. The highest BCUT2D eigenvalue weighted by atomic mass is 32.1. The molecule has 0 aliphatic rings. The highest BCUT2D eigenvalue weighted by Gasteiger charge is 2.05. The van der Waals surface area contributed by atoms with E-state index in [1.54, 1.807) is 0 Å². The summed E-state index contributed by atoms with van der Waals surface area (Å²) in [6, 6.07) is 22.0. The first-order valence-electron chi connectivity index (χ1n) is 10.7. The predicted octanol–water partition coefficient (Wildman–Crippen LogP) is 8.38. The van der Waals surface area contributed by atoms with Crippen LogP contribution >= 0.6 is 11.3 Å². The molecule has 1 aromatic heterocycles. The maximum Gasteiger partial charge on any atom is 0.119 e. The second kappa shape index (κ2) is 11.1. The third-order valence-electron chi connectivity index (χ3n) is 5.06. The van der Waals surface area contributed by atoms with Gasteiger partial charge in [-0.05, 0) is 60.2 Å². The number of unbranched alkanes of at least 4 members (excludes halogenated alkanes) is 4. The maximum absolute atomic E-state index is 5.81. The Labute approximate surface area is 174 Å². The number of ether oxygens (including phenoxy) is 1. The Hall–Kier alpha value is -2.06. The van der Waals surface area contributed by atoms with Crippen molar-refractivity contribution in [2.75, 3.05) is 6.61 Å². The Morgan fingerprint density at radius 2 is 1.25 bits per heavy atom. The van der Waals surface area contributed by atoms with Crippen molar-refractivity contribution in [3.05, 3.63) is 65.5 Å². The Morgan fingerprint density at radius 3 is 1.93 bits per heavy atom. The second-order valence-electron chi connectivity index (χ2n) is 7.38. The molecule has 0 fully saturated rings. The van der Waals surface area contributed by atoms with E-state index in [1.807, 2.05) is 11.3 Å². The molecular weight excluding hydrogens is 360 g/mol. The van der Waals surface area contributed by atoms with Crippen molar-refractivity contribution in [1.29, 1.82) is 0 Å². The van der Waals surface area contributed by atoms with Crippen LogP contribution in [0.5, 0.6) is 5.75 Å². The molecule has 0 spiro atoms. The van der Waals surface area contributed by atoms with Crippen molar-refractivity contribution in [2.45, 2.75) is 58.8 Å². The van der Waals surface area contributed by atoms with Crippen LogP contribution in [0, 0.1) is 0 Å². The summed E-state index contributed by atoms with van der Waals surface area (Å²) in [5.41, 5.74) is 3.80. The number of hydrogen-bond donors (Lipinski definition) is 0. The summed E-state index contributed by atoms with van der Waals surface area (Å²) in [5.74, 6) is 0.964. The van der Waals surface area contributed by atoms with Crippen LogP contribution in [-0.2, 0) is 6.42 Å². The normalized spacial score (nSPS) is 10.9. The lowest BCUT2D eigenvalue weighted by Crippen LogP contribution is -1.96. The van der Waals surface area contributed by atoms with Crippen molar-refractivity contribution in [2.24, 2.45) is 0 Å². The molecule has 148 valence electrons. The van der Waals surface area contributed by atoms with Crippen LogP contribution in [-0.4, -0.2) is 6.61 Å². The zero-order chi connectivity index (χ0) is 19.6. The first kappa shape index (κ1) is 20.7. The Morgan fingerprint density at radius 1 is 0.643 bits per heavy atom. The van der Waals surface area contributed by atoms with Gasteiger partial charge in [-0.3, -0.25) is 0 Å². The van der Waals surface area contributed by atoms with Gasteiger partial charge in [-0.2, -0.15) is 0 Å². The van der Waals surface area contributed by atoms with Gasteiger partial charge in [0.2, 0.25) is 0 Å². The van der Waals surface area contributed by atoms with Crippen molar-refractivity contribution in [1.82, 2.24) is 0 Å². The van der Waals surface area contributed by atoms with Gasteiger partial charge < -0.3 is 4.74 Å². The van der Waals surface area contributed by atoms with E-state index in [0.29, 0.717) is 0 Å². The quantitative estimate of drug-likeness (QED) is 0.298. The number of thiophene rings is 1. The van der Waals surface area contributed by atoms with Gasteiger partial charge in [0.15, 0.2) is 0 Å². The molecule has 0 unspecified atom stereocenters. The zero-order valence-electron chi connectivity index (χ0n) is 17.2. The molecule has 0 aliphatic carbocycles. The smallest absolute Gasteiger partial charge is 0.119 e. The summed E-state index contributed by atoms with van der Waals surface area (Å²) in [4.78, 5) is 2.87. The largest absolute Gasteiger partial charge is 0.494 e. The fourth-order valence-corrected chi connectivity index (χ4v) is 4.38. The lowest BCUT2D eigenvalue weighted by molar-refractivity contribution is 0.306. The highest BCUT2D eigenvalue weighted by molar-refractivity contribution is 7.15. The van der Waals surface area contributed by atoms with Crippen LogP contribution in [0.25, 0.3) is 21.6 Å². The van der Waals surface area contributed by atoms with E-state index in [0.717, 1.165) is 18.8 Å². The van der Waals surface area contributed by atoms with E-state index in [4.69, 9.17) is 4.74 Å². The summed E-state index contributed by atoms with van der Waals surface area (Å²) in [5, 5.41) is 0. The Balaban J connectivity index is 1.59. The summed E-state index contributed by atoms with van der Waals surface area (Å²) < 4.78 is 5.81. The molecule has 2 aromatic carbocycles. The highest BCUT2D eigenvalue weighted by Crippen LogP contribution is 2.31. The van der Waals surface area contributed by atoms with Gasteiger partial charge in [0.1, 0.15) is 5.75 Å². The van der Waals surface area contributed by atoms with Gasteiger partial charge >= 0.3 is 0 Å². The summed E-state index contributed by atoms with van der Waals surface area (Å²) >= 11 is 1.93. The first-order valence-corrected chi connectivity index (χ1v) is 11.5. The SMILES string of the molecule is CCCCCOc1ccc(-c2ccc(-c3ccc(CCCCC)s3)cc2)cc1. The van der Waals surface area contributed by atoms with E-state index in [1.165, 1.54) is 65.0 Å². The summed E-state index contributed by atoms with van der Waals surface area (Å²) in [7, 11) is 0. The maximum atomic E-state index is 5.81. The average Bonchev–Trinajstić information content (AvgIpc) is 3.21. The van der Waals surface area contributed by atoms with Gasteiger partial charge in [0, 0.05) is 9.75 Å². The van der Waals surface area contributed by atoms with Crippen molar-refractivity contribution in [3.8, 4) is 27.3 Å². The standard InChI is InChI=1S/C26H32OS/c1-3-5-7-9-25-18-19-26(28-25)23-12-10-21(11-13-23)22-14-16-24(17-15-22)27-20-8-6-4-2/h10-19H,3-9,20H2,1-2H3. The zero-order valence-corrected chi connectivity index (χ0v) is 18.1. The fraction of sp³-hybridized carbons (Fsp3) is 0.385. The van der Waals surface area contributed by atoms with Crippen molar-refractivity contribution in [3.63, 3.8) is 0 Å². The first-order chi connectivity index (χ1) is 13.8. The van der Waals surface area contributed by atoms with Gasteiger partial charge in [0.05, 0.1) is 6.61 Å². The molecule has 0 bridgehead atoms. The van der Waals surface area contributed by atoms with Crippen molar-refractivity contribution >= 4 is 11.3 Å². The van der Waals surface area contributed by atoms with Crippen LogP contribution in [0.4, 0.5) is 0 Å². The van der Waals surface area contributed by atoms with Gasteiger partial charge in [-0.1, -0.05) is 75.9 Å². The topological polar surface area (TPSA) is 9.23 Å². The van der Waals surface area contributed by atoms with E-state index < -0.39 is 0 Å². The van der Waals surface area contributed by atoms with Crippen LogP contribution in [0.2, 0.25) is 0 Å². The molecule has 0 aliphatic heterocycles. The minimum absolute atomic E-state index is 0.809. The predicted molar refractivity (Wildman–Crippen MR) is 123 cm³/mol. The number of hydrogen-bond acceptors (Lipinski definition) is 2. The molecular formula is C26H32OS. The van der Waals surface area contributed by atoms with Crippen LogP contribution in [0.1, 0.15) is 57.2 Å². The summed E-state index contributed by atoms with van der Waals surface area (Å²) in [6.07, 6.45) is 8.70. The van der Waals surface area contributed by atoms with Crippen molar-refractivity contribution < 1.29 is 4.74 Å². The lowest BCUT2D eigenvalue weighted by atomic mass is 10.0. The molecule has 0 atom stereocenters. The molecule has 1 nitrogen and oxygen atoms in total.